The fraction of sp³-hybridized carbons (Fsp3) is 0.594. The Morgan fingerprint density at radius 1 is 0.892 bits per heavy atom. The minimum Gasteiger partial charge on any atom is -0.497 e. The smallest absolute Gasteiger partial charge is 0.167 e. The Labute approximate surface area is 223 Å². The fourth-order valence-electron chi connectivity index (χ4n) is 7.58. The van der Waals surface area contributed by atoms with Crippen molar-refractivity contribution in [2.24, 2.45) is 28.1 Å². The third-order valence-corrected chi connectivity index (χ3v) is 10.4. The molecule has 0 amide bonds. The highest BCUT2D eigenvalue weighted by Crippen LogP contribution is 2.69. The second-order valence-corrected chi connectivity index (χ2v) is 12.3. The molecule has 2 aliphatic carbocycles. The van der Waals surface area contributed by atoms with Crippen LogP contribution < -0.4 is 19.5 Å². The largest absolute Gasteiger partial charge is 0.497 e. The summed E-state index contributed by atoms with van der Waals surface area (Å²) < 4.78 is 16.4. The Morgan fingerprint density at radius 3 is 2.05 bits per heavy atom. The number of nitrogens with one attached hydrogen (secondary N) is 1. The van der Waals surface area contributed by atoms with Crippen LogP contribution in [-0.2, 0) is 6.54 Å². The van der Waals surface area contributed by atoms with Gasteiger partial charge in [0, 0.05) is 30.1 Å². The van der Waals surface area contributed by atoms with Crippen molar-refractivity contribution in [3.63, 3.8) is 0 Å². The predicted octanol–water partition coefficient (Wildman–Crippen LogP) is 6.93. The molecule has 0 saturated heterocycles. The predicted molar refractivity (Wildman–Crippen MR) is 149 cm³/mol. The molecule has 2 saturated carbocycles. The first-order valence-electron chi connectivity index (χ1n) is 13.6. The maximum absolute atomic E-state index is 14.5. The van der Waals surface area contributed by atoms with Gasteiger partial charge in [-0.05, 0) is 71.3 Å². The SMILES string of the molecule is COc1ccc(CN[C@@H]2C[C@@]3(C)C(C)(C)CCC[C@]3(C)[C@@H](C(=O)c3cc(OC)cc(OC)c3)[C@@H]2C)cc1. The van der Waals surface area contributed by atoms with Crippen LogP contribution in [0.5, 0.6) is 17.2 Å². The number of rotatable bonds is 8. The molecule has 0 aromatic heterocycles. The Balaban J connectivity index is 1.72. The van der Waals surface area contributed by atoms with Gasteiger partial charge in [-0.25, -0.2) is 0 Å². The van der Waals surface area contributed by atoms with E-state index in [1.165, 1.54) is 12.0 Å². The van der Waals surface area contributed by atoms with E-state index in [1.807, 2.05) is 30.3 Å². The van der Waals surface area contributed by atoms with E-state index in [2.05, 4.69) is 52.1 Å². The second kappa shape index (κ2) is 10.3. The van der Waals surface area contributed by atoms with Gasteiger partial charge in [-0.15, -0.1) is 0 Å². The molecule has 37 heavy (non-hydrogen) atoms. The van der Waals surface area contributed by atoms with Crippen LogP contribution in [-0.4, -0.2) is 33.2 Å². The lowest BCUT2D eigenvalue weighted by atomic mass is 9.38. The summed E-state index contributed by atoms with van der Waals surface area (Å²) >= 11 is 0. The molecule has 4 rings (SSSR count). The molecule has 0 spiro atoms. The Kier molecular flexibility index (Phi) is 7.67. The van der Waals surface area contributed by atoms with Crippen molar-refractivity contribution < 1.29 is 19.0 Å². The zero-order valence-electron chi connectivity index (χ0n) is 23.9. The quantitative estimate of drug-likeness (QED) is 0.393. The summed E-state index contributed by atoms with van der Waals surface area (Å²) in [5, 5.41) is 3.88. The number of carbonyl (C=O) groups is 1. The monoisotopic (exact) mass is 507 g/mol. The van der Waals surface area contributed by atoms with Crippen molar-refractivity contribution in [2.75, 3.05) is 21.3 Å². The second-order valence-electron chi connectivity index (χ2n) is 12.3. The average molecular weight is 508 g/mol. The molecule has 2 aromatic carbocycles. The number of hydrogen-bond donors (Lipinski definition) is 1. The van der Waals surface area contributed by atoms with Crippen molar-refractivity contribution in [3.8, 4) is 17.2 Å². The first-order chi connectivity index (χ1) is 17.5. The summed E-state index contributed by atoms with van der Waals surface area (Å²) in [6.07, 6.45) is 4.46. The van der Waals surface area contributed by atoms with Gasteiger partial charge in [0.25, 0.3) is 0 Å². The van der Waals surface area contributed by atoms with Gasteiger partial charge < -0.3 is 19.5 Å². The molecule has 5 nitrogen and oxygen atoms in total. The Hall–Kier alpha value is -2.53. The van der Waals surface area contributed by atoms with E-state index in [-0.39, 0.29) is 39.9 Å². The maximum atomic E-state index is 14.5. The van der Waals surface area contributed by atoms with Gasteiger partial charge in [0.1, 0.15) is 17.2 Å². The van der Waals surface area contributed by atoms with Gasteiger partial charge in [0.2, 0.25) is 0 Å². The number of ketones is 1. The van der Waals surface area contributed by atoms with Gasteiger partial charge in [-0.1, -0.05) is 53.2 Å². The van der Waals surface area contributed by atoms with Gasteiger partial charge in [0.05, 0.1) is 21.3 Å². The van der Waals surface area contributed by atoms with E-state index in [0.717, 1.165) is 31.6 Å². The lowest BCUT2D eigenvalue weighted by molar-refractivity contribution is -0.164. The molecule has 2 fully saturated rings. The molecule has 0 aliphatic heterocycles. The van der Waals surface area contributed by atoms with Crippen molar-refractivity contribution in [3.05, 3.63) is 53.6 Å². The lowest BCUT2D eigenvalue weighted by Crippen LogP contribution is -2.65. The van der Waals surface area contributed by atoms with Gasteiger partial charge in [0.15, 0.2) is 5.78 Å². The van der Waals surface area contributed by atoms with E-state index in [0.29, 0.717) is 17.1 Å². The van der Waals surface area contributed by atoms with Gasteiger partial charge in [-0.3, -0.25) is 4.79 Å². The van der Waals surface area contributed by atoms with E-state index in [4.69, 9.17) is 14.2 Å². The van der Waals surface area contributed by atoms with Gasteiger partial charge >= 0.3 is 0 Å². The molecule has 2 aliphatic rings. The van der Waals surface area contributed by atoms with Crippen molar-refractivity contribution >= 4 is 5.78 Å². The number of benzene rings is 2. The van der Waals surface area contributed by atoms with Crippen molar-refractivity contribution in [1.29, 1.82) is 0 Å². The minimum atomic E-state index is -0.115. The molecule has 0 unspecified atom stereocenters. The van der Waals surface area contributed by atoms with Crippen molar-refractivity contribution in [1.82, 2.24) is 5.32 Å². The lowest BCUT2D eigenvalue weighted by Gasteiger charge is -2.67. The highest BCUT2D eigenvalue weighted by Gasteiger charge is 2.64. The van der Waals surface area contributed by atoms with Crippen LogP contribution in [0.3, 0.4) is 0 Å². The number of carbonyl (C=O) groups excluding carboxylic acids is 1. The Bertz CT molecular complexity index is 1090. The standard InChI is InChI=1S/C32H45NO4/c1-21-27(33-20-22-10-12-24(35-6)13-11-22)19-32(5)30(2,3)14-9-15-31(32,4)28(21)29(34)23-16-25(36-7)18-26(17-23)37-8/h10-13,16-18,21,27-28,33H,9,14-15,19-20H2,1-8H3/t21-,27-,28-,31-,32+/m1/s1. The molecular weight excluding hydrogens is 462 g/mol. The van der Waals surface area contributed by atoms with Crippen LogP contribution in [0.25, 0.3) is 0 Å². The summed E-state index contributed by atoms with van der Waals surface area (Å²) in [5.41, 5.74) is 1.92. The highest BCUT2D eigenvalue weighted by atomic mass is 16.5. The summed E-state index contributed by atoms with van der Waals surface area (Å²) in [4.78, 5) is 14.5. The third-order valence-electron chi connectivity index (χ3n) is 10.4. The number of fused-ring (bicyclic) bond motifs is 1. The number of methoxy groups -OCH3 is 3. The van der Waals surface area contributed by atoms with E-state index in [1.54, 1.807) is 21.3 Å². The normalized spacial score (nSPS) is 30.8. The first-order valence-corrected chi connectivity index (χ1v) is 13.6. The molecule has 5 heteroatoms. The van der Waals surface area contributed by atoms with Crippen LogP contribution >= 0.6 is 0 Å². The summed E-state index contributed by atoms with van der Waals surface area (Å²) in [6.45, 7) is 12.7. The van der Waals surface area contributed by atoms with E-state index < -0.39 is 0 Å². The average Bonchev–Trinajstić information content (AvgIpc) is 2.89. The zero-order valence-corrected chi connectivity index (χ0v) is 23.9. The molecule has 5 atom stereocenters. The van der Waals surface area contributed by atoms with Crippen LogP contribution in [0.4, 0.5) is 0 Å². The molecular formula is C32H45NO4. The topological polar surface area (TPSA) is 56.8 Å². The molecule has 202 valence electrons. The maximum Gasteiger partial charge on any atom is 0.167 e. The number of hydrogen-bond acceptors (Lipinski definition) is 5. The first kappa shape index (κ1) is 27.5. The summed E-state index contributed by atoms with van der Waals surface area (Å²) in [6, 6.07) is 14.0. The van der Waals surface area contributed by atoms with E-state index >= 15 is 0 Å². The van der Waals surface area contributed by atoms with E-state index in [9.17, 15) is 4.79 Å². The van der Waals surface area contributed by atoms with Crippen molar-refractivity contribution in [2.45, 2.75) is 72.9 Å². The molecule has 1 N–H and O–H groups in total. The Morgan fingerprint density at radius 2 is 1.49 bits per heavy atom. The van der Waals surface area contributed by atoms with Crippen LogP contribution in [0.2, 0.25) is 0 Å². The molecule has 0 radical (unpaired) electrons. The van der Waals surface area contributed by atoms with Gasteiger partial charge in [-0.2, -0.15) is 0 Å². The number of ether oxygens (including phenoxy) is 3. The molecule has 0 heterocycles. The van der Waals surface area contributed by atoms with Crippen LogP contribution in [0, 0.1) is 28.1 Å². The highest BCUT2D eigenvalue weighted by molar-refractivity contribution is 5.99. The molecule has 2 aromatic rings. The minimum absolute atomic E-state index is 0.00557. The summed E-state index contributed by atoms with van der Waals surface area (Å²) in [7, 11) is 4.95. The third kappa shape index (κ3) is 4.76. The fourth-order valence-corrected chi connectivity index (χ4v) is 7.58. The molecule has 0 bridgehead atoms. The zero-order chi connectivity index (χ0) is 27.0. The van der Waals surface area contributed by atoms with Crippen LogP contribution in [0.15, 0.2) is 42.5 Å². The number of Topliss-reactive ketones (excluding diaryl/α,β-unsaturated/α-hetero) is 1. The van der Waals surface area contributed by atoms with Crippen LogP contribution in [0.1, 0.15) is 76.2 Å². The summed E-state index contributed by atoms with van der Waals surface area (Å²) in [5.74, 6) is 2.42.